The number of hydrogen-bond acceptors (Lipinski definition) is 4. The molecule has 1 aliphatic carbocycles. The fourth-order valence-electron chi connectivity index (χ4n) is 2.88. The maximum Gasteiger partial charge on any atom is 0.412 e. The Kier molecular flexibility index (Phi) is 3.28. The van der Waals surface area contributed by atoms with E-state index in [1.54, 1.807) is 43.7 Å². The van der Waals surface area contributed by atoms with Gasteiger partial charge in [-0.2, -0.15) is 0 Å². The highest BCUT2D eigenvalue weighted by molar-refractivity contribution is 5.84. The normalized spacial score (nSPS) is 27.1. The summed E-state index contributed by atoms with van der Waals surface area (Å²) in [6, 6.07) is 3.56. The first-order chi connectivity index (χ1) is 9.87. The summed E-state index contributed by atoms with van der Waals surface area (Å²) in [5.74, 6) is 0.860. The Morgan fingerprint density at radius 2 is 2.05 bits per heavy atom. The highest BCUT2D eigenvalue weighted by Crippen LogP contribution is 2.53. The molecule has 1 amide bonds. The first-order valence-electron chi connectivity index (χ1n) is 7.16. The van der Waals surface area contributed by atoms with Crippen LogP contribution in [0.2, 0.25) is 0 Å². The number of carbonyl (C=O) groups is 1. The predicted octanol–water partition coefficient (Wildman–Crippen LogP) is 2.01. The number of aromatic nitrogens is 1. The number of nitrogens with zero attached hydrogens (tertiary/aromatic N) is 1. The third-order valence-corrected chi connectivity index (χ3v) is 3.84. The molecule has 114 valence electrons. The van der Waals surface area contributed by atoms with E-state index in [-0.39, 0.29) is 17.3 Å². The number of rotatable bonds is 2. The number of nitrogens with one attached hydrogen (secondary N) is 1. The third-order valence-electron chi connectivity index (χ3n) is 3.84. The average molecular weight is 292 g/mol. The minimum absolute atomic E-state index is 0.192. The summed E-state index contributed by atoms with van der Waals surface area (Å²) in [4.78, 5) is 24.2. The van der Waals surface area contributed by atoms with Gasteiger partial charge in [-0.3, -0.25) is 10.1 Å². The Morgan fingerprint density at radius 3 is 2.67 bits per heavy atom. The van der Waals surface area contributed by atoms with Gasteiger partial charge in [-0.05, 0) is 32.9 Å². The van der Waals surface area contributed by atoms with Gasteiger partial charge in [-0.15, -0.1) is 0 Å². The average Bonchev–Trinajstić information content (AvgIpc) is 2.83. The van der Waals surface area contributed by atoms with Crippen molar-refractivity contribution in [3.05, 3.63) is 28.7 Å². The van der Waals surface area contributed by atoms with Crippen molar-refractivity contribution in [2.45, 2.75) is 32.4 Å². The van der Waals surface area contributed by atoms with Gasteiger partial charge in [0.2, 0.25) is 0 Å². The molecule has 0 bridgehead atoms. The van der Waals surface area contributed by atoms with E-state index in [1.165, 1.54) is 0 Å². The van der Waals surface area contributed by atoms with Crippen LogP contribution in [0.25, 0.3) is 0 Å². The van der Waals surface area contributed by atoms with Gasteiger partial charge in [0.05, 0.1) is 13.2 Å². The summed E-state index contributed by atoms with van der Waals surface area (Å²) in [6.45, 7) is 6.76. The molecular formula is C15H20N2O4. The summed E-state index contributed by atoms with van der Waals surface area (Å²) < 4.78 is 12.2. The van der Waals surface area contributed by atoms with Crippen LogP contribution in [0, 0.1) is 11.8 Å². The van der Waals surface area contributed by atoms with Gasteiger partial charge in [0.15, 0.2) is 0 Å². The third kappa shape index (κ3) is 2.81. The van der Waals surface area contributed by atoms with E-state index in [2.05, 4.69) is 5.32 Å². The molecule has 3 atom stereocenters. The molecular weight excluding hydrogens is 272 g/mol. The van der Waals surface area contributed by atoms with Gasteiger partial charge in [-0.1, -0.05) is 0 Å². The van der Waals surface area contributed by atoms with E-state index >= 15 is 0 Å². The zero-order valence-electron chi connectivity index (χ0n) is 12.5. The molecule has 6 nitrogen and oxygen atoms in total. The lowest BCUT2D eigenvalue weighted by molar-refractivity contribution is 0.0635. The van der Waals surface area contributed by atoms with Crippen molar-refractivity contribution in [2.75, 3.05) is 18.5 Å². The maximum absolute atomic E-state index is 12.4. The van der Waals surface area contributed by atoms with E-state index in [4.69, 9.17) is 9.47 Å². The van der Waals surface area contributed by atoms with Crippen molar-refractivity contribution in [3.8, 4) is 0 Å². The molecule has 1 saturated carbocycles. The Balaban J connectivity index is 1.75. The summed E-state index contributed by atoms with van der Waals surface area (Å²) in [6.07, 6.45) is 1.16. The Hall–Kier alpha value is -1.82. The zero-order chi connectivity index (χ0) is 15.2. The van der Waals surface area contributed by atoms with Crippen molar-refractivity contribution in [1.82, 2.24) is 4.57 Å². The van der Waals surface area contributed by atoms with E-state index in [0.717, 1.165) is 0 Å². The molecule has 2 aliphatic rings. The smallest absolute Gasteiger partial charge is 0.412 e. The van der Waals surface area contributed by atoms with E-state index in [1.807, 2.05) is 0 Å². The molecule has 0 radical (unpaired) electrons. The van der Waals surface area contributed by atoms with Crippen LogP contribution in [0.15, 0.2) is 23.1 Å². The van der Waals surface area contributed by atoms with Crippen LogP contribution in [-0.4, -0.2) is 29.5 Å². The molecule has 1 aromatic heterocycles. The van der Waals surface area contributed by atoms with Crippen LogP contribution in [0.5, 0.6) is 0 Å². The Labute approximate surface area is 123 Å². The molecule has 1 N–H and O–H groups in total. The second-order valence-corrected chi connectivity index (χ2v) is 6.62. The number of fused-ring (bicyclic) bond motifs is 1. The zero-order valence-corrected chi connectivity index (χ0v) is 12.5. The highest BCUT2D eigenvalue weighted by Gasteiger charge is 2.55. The van der Waals surface area contributed by atoms with Crippen LogP contribution in [0.4, 0.5) is 10.5 Å². The van der Waals surface area contributed by atoms with Crippen molar-refractivity contribution in [3.63, 3.8) is 0 Å². The number of ether oxygens (including phenoxy) is 2. The highest BCUT2D eigenvalue weighted by atomic mass is 16.6. The first-order valence-corrected chi connectivity index (χ1v) is 7.16. The van der Waals surface area contributed by atoms with Gasteiger partial charge in [0.1, 0.15) is 11.3 Å². The molecule has 1 saturated heterocycles. The second kappa shape index (κ2) is 4.87. The maximum atomic E-state index is 12.4. The lowest BCUT2D eigenvalue weighted by Crippen LogP contribution is -2.31. The molecule has 1 aliphatic heterocycles. The summed E-state index contributed by atoms with van der Waals surface area (Å²) in [5.41, 5.74) is -0.539. The van der Waals surface area contributed by atoms with Gasteiger partial charge in [-0.25, -0.2) is 4.79 Å². The summed E-state index contributed by atoms with van der Waals surface area (Å²) >= 11 is 0. The van der Waals surface area contributed by atoms with Crippen molar-refractivity contribution in [1.29, 1.82) is 0 Å². The Bertz CT molecular complexity index is 607. The van der Waals surface area contributed by atoms with E-state index in [0.29, 0.717) is 25.0 Å². The van der Waals surface area contributed by atoms with Crippen LogP contribution >= 0.6 is 0 Å². The van der Waals surface area contributed by atoms with Gasteiger partial charge in [0.25, 0.3) is 5.56 Å². The quantitative estimate of drug-likeness (QED) is 0.905. The van der Waals surface area contributed by atoms with E-state index in [9.17, 15) is 9.59 Å². The van der Waals surface area contributed by atoms with Crippen LogP contribution < -0.4 is 10.9 Å². The molecule has 3 rings (SSSR count). The van der Waals surface area contributed by atoms with Crippen molar-refractivity contribution < 1.29 is 14.3 Å². The standard InChI is InChI=1S/C15H20N2O4/c1-15(2,3)21-14(19)16-11-5-4-6-17(13(11)18)12-9-7-20-8-10(9)12/h4-6,9-10,12H,7-8H2,1-3H3,(H,16,19)/t9-,10+,12+. The minimum atomic E-state index is -0.614. The molecule has 2 fully saturated rings. The van der Waals surface area contributed by atoms with Crippen LogP contribution in [0.1, 0.15) is 26.8 Å². The lowest BCUT2D eigenvalue weighted by atomic mass is 10.2. The lowest BCUT2D eigenvalue weighted by Gasteiger charge is -2.19. The van der Waals surface area contributed by atoms with E-state index < -0.39 is 11.7 Å². The fraction of sp³-hybridized carbons (Fsp3) is 0.600. The number of carbonyl (C=O) groups excluding carboxylic acids is 1. The van der Waals surface area contributed by atoms with Gasteiger partial charge in [0, 0.05) is 24.1 Å². The van der Waals surface area contributed by atoms with Gasteiger partial charge < -0.3 is 14.0 Å². The molecule has 0 unspecified atom stereocenters. The number of hydrogen-bond donors (Lipinski definition) is 1. The summed E-state index contributed by atoms with van der Waals surface area (Å²) in [5, 5.41) is 2.53. The van der Waals surface area contributed by atoms with Crippen molar-refractivity contribution >= 4 is 11.8 Å². The monoisotopic (exact) mass is 292 g/mol. The molecule has 2 heterocycles. The topological polar surface area (TPSA) is 69.6 Å². The molecule has 0 spiro atoms. The first kappa shape index (κ1) is 14.1. The molecule has 1 aromatic rings. The molecule has 6 heteroatoms. The minimum Gasteiger partial charge on any atom is -0.444 e. The predicted molar refractivity (Wildman–Crippen MR) is 77.4 cm³/mol. The number of anilines is 1. The number of amides is 1. The summed E-state index contributed by atoms with van der Waals surface area (Å²) in [7, 11) is 0. The molecule has 21 heavy (non-hydrogen) atoms. The SMILES string of the molecule is CC(C)(C)OC(=O)Nc1cccn([C@H]2[C@@H]3COC[C@@H]32)c1=O. The van der Waals surface area contributed by atoms with Crippen molar-refractivity contribution in [2.24, 2.45) is 11.8 Å². The number of pyridine rings is 1. The second-order valence-electron chi connectivity index (χ2n) is 6.62. The molecule has 0 aromatic carbocycles. The fourth-order valence-corrected chi connectivity index (χ4v) is 2.88. The van der Waals surface area contributed by atoms with Gasteiger partial charge >= 0.3 is 6.09 Å². The van der Waals surface area contributed by atoms with Crippen LogP contribution in [0.3, 0.4) is 0 Å². The largest absolute Gasteiger partial charge is 0.444 e. The van der Waals surface area contributed by atoms with Crippen LogP contribution in [-0.2, 0) is 9.47 Å². The Morgan fingerprint density at radius 1 is 1.38 bits per heavy atom.